The summed E-state index contributed by atoms with van der Waals surface area (Å²) in [5, 5.41) is 17.7. The SMILES string of the molecule is COC(=O)[C@H](CCSC)NC(=O)c1ccc(C(=O)[C@@H]2C(O)C([Si](C)(C)C(C)(C)C)CN2C(=O)OC(C)(C)C)cc1Nc1ccccc1. The largest absolute Gasteiger partial charge is 0.467 e. The Balaban J connectivity index is 2.08. The molecular weight excluding hydrogens is 635 g/mol. The van der Waals surface area contributed by atoms with E-state index in [-0.39, 0.29) is 28.3 Å². The summed E-state index contributed by atoms with van der Waals surface area (Å²) in [4.78, 5) is 55.3. The lowest BCUT2D eigenvalue weighted by Crippen LogP contribution is -2.49. The van der Waals surface area contributed by atoms with E-state index >= 15 is 0 Å². The highest BCUT2D eigenvalue weighted by molar-refractivity contribution is 7.98. The second-order valence-corrected chi connectivity index (χ2v) is 21.3. The van der Waals surface area contributed by atoms with E-state index in [4.69, 9.17) is 9.47 Å². The van der Waals surface area contributed by atoms with Gasteiger partial charge < -0.3 is 25.2 Å². The molecule has 1 aliphatic heterocycles. The van der Waals surface area contributed by atoms with E-state index < -0.39 is 55.6 Å². The number of methoxy groups -OCH3 is 1. The summed E-state index contributed by atoms with van der Waals surface area (Å²) in [5.74, 6) is -0.894. The molecule has 4 atom stereocenters. The third kappa shape index (κ3) is 9.17. The van der Waals surface area contributed by atoms with Crippen LogP contribution < -0.4 is 10.6 Å². The van der Waals surface area contributed by atoms with Gasteiger partial charge in [-0.15, -0.1) is 0 Å². The average molecular weight is 686 g/mol. The van der Waals surface area contributed by atoms with Crippen molar-refractivity contribution in [3.05, 3.63) is 59.7 Å². The van der Waals surface area contributed by atoms with Gasteiger partial charge in [0.1, 0.15) is 17.7 Å². The summed E-state index contributed by atoms with van der Waals surface area (Å²) in [6.45, 7) is 16.2. The van der Waals surface area contributed by atoms with Crippen LogP contribution in [0.25, 0.3) is 0 Å². The standard InChI is InChI=1S/C35H51N3O7SSi/c1-34(2,3)45-33(43)38-21-27(47(9,10)35(4,5)6)30(40)28(38)29(39)22-16-17-24(26(20-22)36-23-14-12-11-13-15-23)31(41)37-25(18-19-46-8)32(42)44-7/h11-17,20,25,27-28,30,36,40H,18-19,21H2,1-10H3,(H,37,41)/t25-,27?,28+,30?/m0/s1. The number of aliphatic hydroxyl groups is 1. The number of ketones is 1. The van der Waals surface area contributed by atoms with Gasteiger partial charge in [0.05, 0.1) is 32.5 Å². The number of Topliss-reactive ketones (excluding diaryl/α,β-unsaturated/α-hetero) is 1. The highest BCUT2D eigenvalue weighted by atomic mass is 32.2. The number of aliphatic hydroxyl groups excluding tert-OH is 1. The molecule has 0 saturated carbocycles. The molecular formula is C35H51N3O7SSi. The maximum Gasteiger partial charge on any atom is 0.411 e. The van der Waals surface area contributed by atoms with Crippen LogP contribution >= 0.6 is 11.8 Å². The van der Waals surface area contributed by atoms with Gasteiger partial charge in [-0.25, -0.2) is 9.59 Å². The van der Waals surface area contributed by atoms with Crippen LogP contribution in [0, 0.1) is 0 Å². The molecule has 12 heteroatoms. The van der Waals surface area contributed by atoms with Crippen molar-refractivity contribution in [3.63, 3.8) is 0 Å². The number of anilines is 2. The molecule has 1 fully saturated rings. The Hall–Kier alpha value is -3.35. The summed E-state index contributed by atoms with van der Waals surface area (Å²) < 4.78 is 10.6. The van der Waals surface area contributed by atoms with Gasteiger partial charge >= 0.3 is 12.1 Å². The number of hydrogen-bond donors (Lipinski definition) is 3. The van der Waals surface area contributed by atoms with Gasteiger partial charge in [-0.1, -0.05) is 58.1 Å². The summed E-state index contributed by atoms with van der Waals surface area (Å²) in [6.07, 6.45) is 0.524. The van der Waals surface area contributed by atoms with E-state index in [0.29, 0.717) is 23.5 Å². The molecule has 0 radical (unpaired) electrons. The summed E-state index contributed by atoms with van der Waals surface area (Å²) in [6, 6.07) is 11.7. The molecule has 258 valence electrons. The fraction of sp³-hybridized carbons (Fsp3) is 0.543. The van der Waals surface area contributed by atoms with Crippen LogP contribution in [0.3, 0.4) is 0 Å². The lowest BCUT2D eigenvalue weighted by Gasteiger charge is -2.42. The number of hydrogen-bond acceptors (Lipinski definition) is 9. The predicted octanol–water partition coefficient (Wildman–Crippen LogP) is 6.50. The molecule has 1 aliphatic rings. The quantitative estimate of drug-likeness (QED) is 0.138. The number of thioether (sulfide) groups is 1. The normalized spacial score (nSPS) is 19.1. The number of para-hydroxylation sites is 1. The third-order valence-electron chi connectivity index (χ3n) is 9.22. The molecule has 3 N–H and O–H groups in total. The first-order chi connectivity index (χ1) is 21.8. The molecule has 0 bridgehead atoms. The van der Waals surface area contributed by atoms with Crippen LogP contribution in [0.1, 0.15) is 68.7 Å². The molecule has 0 aromatic heterocycles. The molecule has 0 spiro atoms. The van der Waals surface area contributed by atoms with Crippen LogP contribution in [0.2, 0.25) is 23.7 Å². The first-order valence-corrected chi connectivity index (χ1v) is 20.3. The van der Waals surface area contributed by atoms with Crippen molar-refractivity contribution in [2.75, 3.05) is 31.0 Å². The summed E-state index contributed by atoms with van der Waals surface area (Å²) >= 11 is 1.55. The number of carbonyl (C=O) groups is 4. The Kier molecular flexibility index (Phi) is 12.4. The lowest BCUT2D eigenvalue weighted by atomic mass is 9.97. The van der Waals surface area contributed by atoms with E-state index in [1.807, 2.05) is 36.6 Å². The van der Waals surface area contributed by atoms with E-state index in [2.05, 4.69) is 44.5 Å². The number of benzene rings is 2. The Morgan fingerprint density at radius 1 is 1.04 bits per heavy atom. The maximum absolute atomic E-state index is 14.4. The van der Waals surface area contributed by atoms with Crippen LogP contribution in [0.15, 0.2) is 48.5 Å². The Morgan fingerprint density at radius 3 is 2.23 bits per heavy atom. The van der Waals surface area contributed by atoms with Gasteiger partial charge in [-0.05, 0) is 68.5 Å². The fourth-order valence-electron chi connectivity index (χ4n) is 5.56. The molecule has 47 heavy (non-hydrogen) atoms. The Labute approximate surface area is 284 Å². The highest BCUT2D eigenvalue weighted by Crippen LogP contribution is 2.49. The first-order valence-electron chi connectivity index (χ1n) is 15.9. The minimum Gasteiger partial charge on any atom is -0.467 e. The van der Waals surface area contributed by atoms with Crippen LogP contribution in [0.4, 0.5) is 16.2 Å². The first kappa shape index (κ1) is 38.1. The molecule has 1 heterocycles. The smallest absolute Gasteiger partial charge is 0.411 e. The van der Waals surface area contributed by atoms with Crippen molar-refractivity contribution in [3.8, 4) is 0 Å². The second-order valence-electron chi connectivity index (χ2n) is 14.6. The second kappa shape index (κ2) is 15.2. The van der Waals surface area contributed by atoms with Gasteiger partial charge in [0.2, 0.25) is 0 Å². The predicted molar refractivity (Wildman–Crippen MR) is 190 cm³/mol. The van der Waals surface area contributed by atoms with Gasteiger partial charge in [-0.3, -0.25) is 14.5 Å². The van der Waals surface area contributed by atoms with E-state index in [1.54, 1.807) is 38.6 Å². The van der Waals surface area contributed by atoms with Gasteiger partial charge in [0.25, 0.3) is 5.91 Å². The van der Waals surface area contributed by atoms with Gasteiger partial charge in [-0.2, -0.15) is 11.8 Å². The van der Waals surface area contributed by atoms with Crippen molar-refractivity contribution >= 4 is 55.0 Å². The summed E-state index contributed by atoms with van der Waals surface area (Å²) in [5.41, 5.74) is 0.327. The van der Waals surface area contributed by atoms with E-state index in [9.17, 15) is 24.3 Å². The van der Waals surface area contributed by atoms with Crippen molar-refractivity contribution < 1.29 is 33.8 Å². The van der Waals surface area contributed by atoms with Crippen molar-refractivity contribution in [1.82, 2.24) is 10.2 Å². The van der Waals surface area contributed by atoms with Crippen molar-refractivity contribution in [2.24, 2.45) is 0 Å². The van der Waals surface area contributed by atoms with Gasteiger partial charge in [0.15, 0.2) is 5.78 Å². The fourth-order valence-corrected chi connectivity index (χ4v) is 8.84. The Morgan fingerprint density at radius 2 is 1.68 bits per heavy atom. The monoisotopic (exact) mass is 685 g/mol. The number of rotatable bonds is 11. The molecule has 1 saturated heterocycles. The molecule has 2 aromatic carbocycles. The highest BCUT2D eigenvalue weighted by Gasteiger charge is 2.56. The average Bonchev–Trinajstić information content (AvgIpc) is 3.35. The summed E-state index contributed by atoms with van der Waals surface area (Å²) in [7, 11) is -0.975. The Bertz CT molecular complexity index is 1440. The van der Waals surface area contributed by atoms with Crippen LogP contribution in [-0.4, -0.2) is 91.3 Å². The molecule has 2 amide bonds. The van der Waals surface area contributed by atoms with Crippen LogP contribution in [0.5, 0.6) is 0 Å². The van der Waals surface area contributed by atoms with Crippen LogP contribution in [-0.2, 0) is 14.3 Å². The number of likely N-dealkylation sites (tertiary alicyclic amines) is 1. The number of amides is 2. The lowest BCUT2D eigenvalue weighted by molar-refractivity contribution is -0.142. The topological polar surface area (TPSA) is 134 Å². The van der Waals surface area contributed by atoms with E-state index in [0.717, 1.165) is 0 Å². The van der Waals surface area contributed by atoms with E-state index in [1.165, 1.54) is 24.1 Å². The minimum atomic E-state index is -2.25. The third-order valence-corrected chi connectivity index (χ3v) is 16.1. The molecule has 10 nitrogen and oxygen atoms in total. The van der Waals surface area contributed by atoms with Crippen molar-refractivity contribution in [1.29, 1.82) is 0 Å². The van der Waals surface area contributed by atoms with Gasteiger partial charge in [0, 0.05) is 23.3 Å². The minimum absolute atomic E-state index is 0.115. The maximum atomic E-state index is 14.4. The number of esters is 1. The number of nitrogens with one attached hydrogen (secondary N) is 2. The molecule has 2 aromatic rings. The zero-order valence-corrected chi connectivity index (χ0v) is 31.1. The van der Waals surface area contributed by atoms with Crippen molar-refractivity contribution in [2.45, 2.75) is 95.4 Å². The number of nitrogens with zero attached hydrogens (tertiary/aromatic N) is 1. The molecule has 0 aliphatic carbocycles. The number of carbonyl (C=O) groups excluding carboxylic acids is 4. The zero-order chi connectivity index (χ0) is 35.3. The number of ether oxygens (including phenoxy) is 2. The zero-order valence-electron chi connectivity index (χ0n) is 29.3. The molecule has 2 unspecified atom stereocenters. The molecule has 3 rings (SSSR count).